The van der Waals surface area contributed by atoms with Crippen molar-refractivity contribution in [2.45, 2.75) is 6.04 Å². The maximum Gasteiger partial charge on any atom is 0.300 e. The highest BCUT2D eigenvalue weighted by atomic mass is 35.5. The molecule has 0 aromatic heterocycles. The minimum absolute atomic E-state index is 0.00523. The fourth-order valence-electron chi connectivity index (χ4n) is 3.64. The van der Waals surface area contributed by atoms with E-state index in [0.29, 0.717) is 27.6 Å². The van der Waals surface area contributed by atoms with Crippen LogP contribution in [0.5, 0.6) is 5.75 Å². The van der Waals surface area contributed by atoms with Crippen LogP contribution in [0.2, 0.25) is 5.02 Å². The lowest BCUT2D eigenvalue weighted by molar-refractivity contribution is -0.132. The summed E-state index contributed by atoms with van der Waals surface area (Å²) in [6.45, 7) is 0. The number of aliphatic hydroxyl groups is 1. The van der Waals surface area contributed by atoms with Gasteiger partial charge in [0.25, 0.3) is 11.7 Å². The molecule has 5 nitrogen and oxygen atoms in total. The maximum absolute atomic E-state index is 13.1. The van der Waals surface area contributed by atoms with Crippen LogP contribution in [0.3, 0.4) is 0 Å². The number of anilines is 1. The van der Waals surface area contributed by atoms with E-state index in [1.807, 2.05) is 0 Å². The van der Waals surface area contributed by atoms with E-state index >= 15 is 0 Å². The van der Waals surface area contributed by atoms with Gasteiger partial charge in [0, 0.05) is 21.8 Å². The molecule has 1 heterocycles. The second-order valence-electron chi connectivity index (χ2n) is 6.75. The number of nitrogens with zero attached hydrogens (tertiary/aromatic N) is 1. The van der Waals surface area contributed by atoms with E-state index in [-0.39, 0.29) is 11.3 Å². The summed E-state index contributed by atoms with van der Waals surface area (Å²) in [5.74, 6) is -1.23. The molecular weight excluding hydrogens is 402 g/mol. The molecule has 0 saturated carbocycles. The second-order valence-corrected chi connectivity index (χ2v) is 7.19. The molecule has 3 aromatic rings. The number of Topliss-reactive ketones (excluding diaryl/α,β-unsaturated/α-hetero) is 1. The molecule has 1 atom stereocenters. The van der Waals surface area contributed by atoms with Crippen molar-refractivity contribution < 1.29 is 19.4 Å². The quantitative estimate of drug-likeness (QED) is 0.368. The Morgan fingerprint density at radius 3 is 2.23 bits per heavy atom. The predicted molar refractivity (Wildman–Crippen MR) is 116 cm³/mol. The van der Waals surface area contributed by atoms with Crippen LogP contribution in [0.1, 0.15) is 17.2 Å². The summed E-state index contributed by atoms with van der Waals surface area (Å²) in [4.78, 5) is 27.5. The van der Waals surface area contributed by atoms with Gasteiger partial charge >= 0.3 is 0 Å². The molecule has 3 aromatic carbocycles. The van der Waals surface area contributed by atoms with Crippen molar-refractivity contribution in [3.63, 3.8) is 0 Å². The predicted octanol–water partition coefficient (Wildman–Crippen LogP) is 4.97. The molecular formula is C24H18ClNO4. The lowest BCUT2D eigenvalue weighted by atomic mass is 9.94. The molecule has 150 valence electrons. The van der Waals surface area contributed by atoms with Crippen molar-refractivity contribution in [2.75, 3.05) is 12.0 Å². The zero-order chi connectivity index (χ0) is 21.3. The second kappa shape index (κ2) is 8.05. The maximum atomic E-state index is 13.1. The molecule has 0 radical (unpaired) electrons. The number of hydrogen-bond donors (Lipinski definition) is 1. The van der Waals surface area contributed by atoms with Crippen molar-refractivity contribution in [3.05, 3.63) is 101 Å². The lowest BCUT2D eigenvalue weighted by Gasteiger charge is -2.26. The summed E-state index contributed by atoms with van der Waals surface area (Å²) in [5, 5.41) is 11.5. The minimum Gasteiger partial charge on any atom is -0.507 e. The number of methoxy groups -OCH3 is 1. The molecule has 0 spiro atoms. The SMILES string of the molecule is COc1ccccc1C1/C(=C(/O)c2ccccc2)C(=O)C(=O)N1c1ccc(Cl)cc1. The van der Waals surface area contributed by atoms with E-state index in [2.05, 4.69) is 0 Å². The molecule has 1 unspecified atom stereocenters. The first kappa shape index (κ1) is 19.7. The van der Waals surface area contributed by atoms with E-state index < -0.39 is 17.7 Å². The number of carbonyl (C=O) groups excluding carboxylic acids is 2. The summed E-state index contributed by atoms with van der Waals surface area (Å²) in [6.07, 6.45) is 0. The molecule has 0 bridgehead atoms. The minimum atomic E-state index is -0.859. The Balaban J connectivity index is 1.98. The molecule has 6 heteroatoms. The highest BCUT2D eigenvalue weighted by Gasteiger charge is 2.47. The fraction of sp³-hybridized carbons (Fsp3) is 0.0833. The Bertz CT molecular complexity index is 1140. The highest BCUT2D eigenvalue weighted by Crippen LogP contribution is 2.44. The van der Waals surface area contributed by atoms with Gasteiger partial charge in [-0.15, -0.1) is 0 Å². The number of amides is 1. The molecule has 4 rings (SSSR count). The number of para-hydroxylation sites is 1. The average molecular weight is 420 g/mol. The zero-order valence-electron chi connectivity index (χ0n) is 16.1. The molecule has 1 aliphatic rings. The van der Waals surface area contributed by atoms with Crippen LogP contribution < -0.4 is 9.64 Å². The number of hydrogen-bond acceptors (Lipinski definition) is 4. The first-order valence-corrected chi connectivity index (χ1v) is 9.65. The Kier molecular flexibility index (Phi) is 5.29. The zero-order valence-corrected chi connectivity index (χ0v) is 16.8. The van der Waals surface area contributed by atoms with Crippen LogP contribution in [0.4, 0.5) is 5.69 Å². The molecule has 30 heavy (non-hydrogen) atoms. The van der Waals surface area contributed by atoms with Crippen LogP contribution in [0.25, 0.3) is 5.76 Å². The summed E-state index contributed by atoms with van der Waals surface area (Å²) >= 11 is 6.00. The van der Waals surface area contributed by atoms with Gasteiger partial charge in [0.05, 0.1) is 18.7 Å². The van der Waals surface area contributed by atoms with Crippen LogP contribution in [-0.2, 0) is 9.59 Å². The Morgan fingerprint density at radius 2 is 1.57 bits per heavy atom. The van der Waals surface area contributed by atoms with Crippen molar-refractivity contribution in [2.24, 2.45) is 0 Å². The normalized spacial score (nSPS) is 17.9. The number of aliphatic hydroxyl groups excluding tert-OH is 1. The van der Waals surface area contributed by atoms with Crippen molar-refractivity contribution in [1.82, 2.24) is 0 Å². The van der Waals surface area contributed by atoms with E-state index in [0.717, 1.165) is 0 Å². The van der Waals surface area contributed by atoms with Gasteiger partial charge in [-0.3, -0.25) is 14.5 Å². The number of ether oxygens (including phenoxy) is 1. The van der Waals surface area contributed by atoms with E-state index in [1.165, 1.54) is 12.0 Å². The Morgan fingerprint density at radius 1 is 0.933 bits per heavy atom. The summed E-state index contributed by atoms with van der Waals surface area (Å²) in [5.41, 5.74) is 1.54. The molecule has 1 amide bonds. The standard InChI is InChI=1S/C24H18ClNO4/c1-30-19-10-6-5-9-18(19)21-20(22(27)15-7-3-2-4-8-15)23(28)24(29)26(21)17-13-11-16(25)12-14-17/h2-14,21,27H,1H3/b22-20-. The van der Waals surface area contributed by atoms with Crippen molar-refractivity contribution in [1.29, 1.82) is 0 Å². The highest BCUT2D eigenvalue weighted by molar-refractivity contribution is 6.51. The largest absolute Gasteiger partial charge is 0.507 e. The van der Waals surface area contributed by atoms with E-state index in [9.17, 15) is 14.7 Å². The summed E-state index contributed by atoms with van der Waals surface area (Å²) in [7, 11) is 1.52. The summed E-state index contributed by atoms with van der Waals surface area (Å²) in [6, 6.07) is 21.6. The van der Waals surface area contributed by atoms with E-state index in [4.69, 9.17) is 16.3 Å². The van der Waals surface area contributed by atoms with Crippen LogP contribution in [-0.4, -0.2) is 23.9 Å². The molecule has 1 saturated heterocycles. The Labute approximate surface area is 178 Å². The van der Waals surface area contributed by atoms with Gasteiger partial charge in [0.2, 0.25) is 0 Å². The first-order chi connectivity index (χ1) is 14.5. The smallest absolute Gasteiger partial charge is 0.300 e. The molecule has 1 fully saturated rings. The van der Waals surface area contributed by atoms with Gasteiger partial charge in [-0.1, -0.05) is 60.1 Å². The van der Waals surface area contributed by atoms with Crippen molar-refractivity contribution >= 4 is 34.7 Å². The van der Waals surface area contributed by atoms with Gasteiger partial charge in [-0.05, 0) is 30.3 Å². The van der Waals surface area contributed by atoms with Crippen molar-refractivity contribution in [3.8, 4) is 5.75 Å². The number of rotatable bonds is 4. The Hall–Kier alpha value is -3.57. The van der Waals surface area contributed by atoms with Gasteiger partial charge in [0.15, 0.2) is 0 Å². The van der Waals surface area contributed by atoms with Crippen LogP contribution >= 0.6 is 11.6 Å². The third-order valence-electron chi connectivity index (χ3n) is 5.03. The molecule has 0 aliphatic carbocycles. The number of ketones is 1. The first-order valence-electron chi connectivity index (χ1n) is 9.28. The number of benzene rings is 3. The van der Waals surface area contributed by atoms with Gasteiger partial charge in [-0.2, -0.15) is 0 Å². The van der Waals surface area contributed by atoms with Crippen LogP contribution in [0.15, 0.2) is 84.4 Å². The van der Waals surface area contributed by atoms with Gasteiger partial charge in [0.1, 0.15) is 11.5 Å². The van der Waals surface area contributed by atoms with E-state index in [1.54, 1.807) is 78.9 Å². The fourth-order valence-corrected chi connectivity index (χ4v) is 3.76. The topological polar surface area (TPSA) is 66.8 Å². The monoisotopic (exact) mass is 419 g/mol. The van der Waals surface area contributed by atoms with Crippen LogP contribution in [0, 0.1) is 0 Å². The third kappa shape index (κ3) is 3.33. The summed E-state index contributed by atoms with van der Waals surface area (Å²) < 4.78 is 5.49. The third-order valence-corrected chi connectivity index (χ3v) is 5.28. The lowest BCUT2D eigenvalue weighted by Crippen LogP contribution is -2.29. The average Bonchev–Trinajstić information content (AvgIpc) is 3.05. The van der Waals surface area contributed by atoms with Gasteiger partial charge < -0.3 is 9.84 Å². The molecule has 1 N–H and O–H groups in total. The van der Waals surface area contributed by atoms with Gasteiger partial charge in [-0.25, -0.2) is 0 Å². The number of halogens is 1. The molecule has 1 aliphatic heterocycles. The number of carbonyl (C=O) groups is 2.